The van der Waals surface area contributed by atoms with E-state index in [2.05, 4.69) is 42.7 Å². The van der Waals surface area contributed by atoms with E-state index in [9.17, 15) is 4.79 Å². The third-order valence-electron chi connectivity index (χ3n) is 3.26. The Hall–Kier alpha value is -3.69. The van der Waals surface area contributed by atoms with Crippen LogP contribution < -0.4 is 16.6 Å². The number of aromatic nitrogens is 5. The fourth-order valence-electron chi connectivity index (χ4n) is 1.98. The third kappa shape index (κ3) is 2.79. The topological polar surface area (TPSA) is 137 Å². The Bertz CT molecular complexity index is 883. The fraction of sp³-hybridized carbons (Fsp3) is 0.0714. The van der Waals surface area contributed by atoms with Gasteiger partial charge in [-0.2, -0.15) is 4.68 Å². The molecule has 0 aliphatic heterocycles. The molecule has 0 unspecified atom stereocenters. The number of benzene rings is 1. The van der Waals surface area contributed by atoms with Crippen molar-refractivity contribution in [3.8, 4) is 5.82 Å². The molecule has 0 atom stereocenters. The summed E-state index contributed by atoms with van der Waals surface area (Å²) in [5.41, 5.74) is 12.8. The lowest BCUT2D eigenvalue weighted by Crippen LogP contribution is -2.36. The summed E-state index contributed by atoms with van der Waals surface area (Å²) in [7, 11) is 0. The van der Waals surface area contributed by atoms with Gasteiger partial charge in [-0.05, 0) is 22.8 Å². The van der Waals surface area contributed by atoms with Crippen molar-refractivity contribution < 1.29 is 9.42 Å². The number of hydrogen-bond acceptors (Lipinski definition) is 8. The van der Waals surface area contributed by atoms with E-state index in [1.165, 1.54) is 4.68 Å². The average molecular weight is 326 g/mol. The number of anilines is 1. The molecule has 0 spiro atoms. The van der Waals surface area contributed by atoms with Crippen LogP contribution in [0.4, 0.5) is 5.82 Å². The van der Waals surface area contributed by atoms with Gasteiger partial charge in [0.15, 0.2) is 5.69 Å². The molecule has 0 radical (unpaired) electrons. The monoisotopic (exact) mass is 326 g/mol. The summed E-state index contributed by atoms with van der Waals surface area (Å²) in [6.45, 7) is 5.50. The van der Waals surface area contributed by atoms with Crippen LogP contribution in [0.3, 0.4) is 0 Å². The maximum Gasteiger partial charge on any atom is 0.292 e. The first-order chi connectivity index (χ1) is 11.6. The van der Waals surface area contributed by atoms with Crippen LogP contribution in [-0.4, -0.2) is 31.2 Å². The molecule has 2 aromatic heterocycles. The van der Waals surface area contributed by atoms with Crippen molar-refractivity contribution in [2.24, 2.45) is 0 Å². The zero-order chi connectivity index (χ0) is 17.1. The summed E-state index contributed by atoms with van der Waals surface area (Å²) in [6, 6.07) is 9.36. The summed E-state index contributed by atoms with van der Waals surface area (Å²) in [5.74, 6) is -0.267. The molecule has 0 saturated carbocycles. The summed E-state index contributed by atoms with van der Waals surface area (Å²) in [5, 5.41) is 14.7. The number of hydrazine groups is 1. The van der Waals surface area contributed by atoms with Gasteiger partial charge in [0.2, 0.25) is 11.6 Å². The Morgan fingerprint density at radius 3 is 2.67 bits per heavy atom. The van der Waals surface area contributed by atoms with E-state index >= 15 is 0 Å². The fourth-order valence-corrected chi connectivity index (χ4v) is 1.98. The van der Waals surface area contributed by atoms with Crippen LogP contribution in [0, 0.1) is 6.92 Å². The van der Waals surface area contributed by atoms with Crippen LogP contribution >= 0.6 is 0 Å². The number of nitrogens with one attached hydrogen (secondary N) is 2. The van der Waals surface area contributed by atoms with Crippen LogP contribution in [-0.2, 0) is 0 Å². The highest BCUT2D eigenvalue weighted by Crippen LogP contribution is 2.14. The predicted octanol–water partition coefficient (Wildman–Crippen LogP) is 0.446. The number of rotatable bonds is 5. The zero-order valence-corrected chi connectivity index (χ0v) is 12.7. The molecule has 0 fully saturated rings. The number of carbonyl (C=O) groups excluding carboxylic acids is 1. The Balaban J connectivity index is 1.71. The summed E-state index contributed by atoms with van der Waals surface area (Å²) in [4.78, 5) is 12.2. The first-order valence-corrected chi connectivity index (χ1v) is 6.89. The van der Waals surface area contributed by atoms with Crippen LogP contribution in [0.5, 0.6) is 0 Å². The molecule has 2 heterocycles. The quantitative estimate of drug-likeness (QED) is 0.575. The number of nitrogens with two attached hydrogens (primary N) is 1. The van der Waals surface area contributed by atoms with Crippen LogP contribution in [0.25, 0.3) is 11.5 Å². The minimum absolute atomic E-state index is 0.0468. The van der Waals surface area contributed by atoms with Gasteiger partial charge in [0.05, 0.1) is 11.4 Å². The molecule has 1 amide bonds. The third-order valence-corrected chi connectivity index (χ3v) is 3.26. The van der Waals surface area contributed by atoms with E-state index in [1.54, 1.807) is 6.92 Å². The second kappa shape index (κ2) is 6.20. The van der Waals surface area contributed by atoms with Gasteiger partial charge in [0.1, 0.15) is 0 Å². The molecule has 1 aromatic carbocycles. The number of carbonyl (C=O) groups is 1. The van der Waals surface area contributed by atoms with Gasteiger partial charge in [0, 0.05) is 0 Å². The number of nitrogen functional groups attached to an aromatic ring is 1. The van der Waals surface area contributed by atoms with E-state index in [0.717, 1.165) is 5.56 Å². The van der Waals surface area contributed by atoms with E-state index in [4.69, 9.17) is 5.73 Å². The van der Waals surface area contributed by atoms with Gasteiger partial charge in [0.25, 0.3) is 5.91 Å². The Labute approximate surface area is 136 Å². The Kier molecular flexibility index (Phi) is 3.93. The molecule has 0 bridgehead atoms. The predicted molar refractivity (Wildman–Crippen MR) is 84.4 cm³/mol. The first kappa shape index (κ1) is 15.2. The smallest absolute Gasteiger partial charge is 0.292 e. The zero-order valence-electron chi connectivity index (χ0n) is 12.7. The van der Waals surface area contributed by atoms with Crippen LogP contribution in [0.1, 0.15) is 21.7 Å². The Morgan fingerprint density at radius 2 is 2.00 bits per heavy atom. The summed E-state index contributed by atoms with van der Waals surface area (Å²) >= 11 is 0. The number of hydrogen-bond donors (Lipinski definition) is 3. The molecule has 10 nitrogen and oxygen atoms in total. The second-order valence-electron chi connectivity index (χ2n) is 4.83. The van der Waals surface area contributed by atoms with Gasteiger partial charge in [-0.25, -0.2) is 4.63 Å². The van der Waals surface area contributed by atoms with Gasteiger partial charge in [-0.3, -0.25) is 15.6 Å². The standard InChI is InChI=1S/C14H14N8O2/c1-8(10-6-4-3-5-7-10)16-18-14(23)11-9(2)22(21-17-11)13-12(15)19-24-20-13/h3-7,16H,1H2,2H3,(H2,15,19)(H,18,23). The maximum absolute atomic E-state index is 12.2. The molecule has 10 heteroatoms. The van der Waals surface area contributed by atoms with Gasteiger partial charge in [-0.15, -0.1) is 5.10 Å². The number of amides is 1. The van der Waals surface area contributed by atoms with E-state index < -0.39 is 5.91 Å². The maximum atomic E-state index is 12.2. The van der Waals surface area contributed by atoms with Crippen molar-refractivity contribution >= 4 is 17.4 Å². The highest BCUT2D eigenvalue weighted by atomic mass is 16.6. The minimum atomic E-state index is -0.481. The Morgan fingerprint density at radius 1 is 1.25 bits per heavy atom. The van der Waals surface area contributed by atoms with Crippen molar-refractivity contribution in [2.45, 2.75) is 6.92 Å². The van der Waals surface area contributed by atoms with Crippen LogP contribution in [0.2, 0.25) is 0 Å². The highest BCUT2D eigenvalue weighted by Gasteiger charge is 2.20. The summed E-state index contributed by atoms with van der Waals surface area (Å²) < 4.78 is 5.78. The lowest BCUT2D eigenvalue weighted by atomic mass is 10.2. The second-order valence-corrected chi connectivity index (χ2v) is 4.83. The van der Waals surface area contributed by atoms with Gasteiger partial charge < -0.3 is 5.73 Å². The largest absolute Gasteiger partial charge is 0.378 e. The van der Waals surface area contributed by atoms with Crippen LogP contribution in [0.15, 0.2) is 41.5 Å². The molecule has 3 rings (SSSR count). The number of nitrogens with zero attached hydrogens (tertiary/aromatic N) is 5. The molecule has 0 saturated heterocycles. The lowest BCUT2D eigenvalue weighted by Gasteiger charge is -2.10. The van der Waals surface area contributed by atoms with Crippen molar-refractivity contribution in [3.05, 3.63) is 53.9 Å². The summed E-state index contributed by atoms with van der Waals surface area (Å²) in [6.07, 6.45) is 0. The van der Waals surface area contributed by atoms with Gasteiger partial charge >= 0.3 is 0 Å². The molecule has 0 aliphatic rings. The molecular weight excluding hydrogens is 312 g/mol. The molecule has 4 N–H and O–H groups in total. The first-order valence-electron chi connectivity index (χ1n) is 6.89. The molecule has 24 heavy (non-hydrogen) atoms. The van der Waals surface area contributed by atoms with Gasteiger partial charge in [-0.1, -0.05) is 42.1 Å². The normalized spacial score (nSPS) is 10.4. The lowest BCUT2D eigenvalue weighted by molar-refractivity contribution is 0.0936. The molecule has 0 aliphatic carbocycles. The van der Waals surface area contributed by atoms with E-state index in [1.807, 2.05) is 30.3 Å². The van der Waals surface area contributed by atoms with E-state index in [0.29, 0.717) is 11.4 Å². The van der Waals surface area contributed by atoms with Crippen molar-refractivity contribution in [3.63, 3.8) is 0 Å². The SMILES string of the molecule is C=C(NNC(=O)c1nnn(-c2nonc2N)c1C)c1ccccc1. The minimum Gasteiger partial charge on any atom is -0.378 e. The van der Waals surface area contributed by atoms with E-state index in [-0.39, 0.29) is 17.3 Å². The highest BCUT2D eigenvalue weighted by molar-refractivity contribution is 5.93. The molecule has 122 valence electrons. The average Bonchev–Trinajstić information content (AvgIpc) is 3.18. The van der Waals surface area contributed by atoms with Crippen molar-refractivity contribution in [2.75, 3.05) is 5.73 Å². The molecule has 3 aromatic rings. The van der Waals surface area contributed by atoms with Crippen molar-refractivity contribution in [1.82, 2.24) is 36.2 Å². The van der Waals surface area contributed by atoms with Crippen molar-refractivity contribution in [1.29, 1.82) is 0 Å². The molecular formula is C14H14N8O2.